The van der Waals surface area contributed by atoms with Gasteiger partial charge in [-0.3, -0.25) is 4.79 Å². The Balaban J connectivity index is 2.51. The highest BCUT2D eigenvalue weighted by Gasteiger charge is 2.14. The summed E-state index contributed by atoms with van der Waals surface area (Å²) in [6.45, 7) is 3.14. The molecule has 1 aromatic rings. The van der Waals surface area contributed by atoms with Crippen molar-refractivity contribution in [3.8, 4) is 0 Å². The van der Waals surface area contributed by atoms with E-state index in [2.05, 4.69) is 12.2 Å². The molecule has 1 atom stereocenters. The third kappa shape index (κ3) is 5.25. The van der Waals surface area contributed by atoms with Gasteiger partial charge in [-0.25, -0.2) is 8.78 Å². The second-order valence-electron chi connectivity index (χ2n) is 4.91. The minimum absolute atomic E-state index is 0.184. The Labute approximate surface area is 118 Å². The molecule has 3 nitrogen and oxygen atoms in total. The molecule has 0 aromatic heterocycles. The number of amides is 1. The molecule has 1 amide bonds. The third-order valence-electron chi connectivity index (χ3n) is 3.26. The van der Waals surface area contributed by atoms with E-state index >= 15 is 0 Å². The highest BCUT2D eigenvalue weighted by atomic mass is 19.1. The second-order valence-corrected chi connectivity index (χ2v) is 4.91. The van der Waals surface area contributed by atoms with E-state index in [1.807, 2.05) is 0 Å². The smallest absolute Gasteiger partial charge is 0.224 e. The first-order chi connectivity index (χ1) is 9.58. The zero-order chi connectivity index (χ0) is 15.0. The van der Waals surface area contributed by atoms with Gasteiger partial charge in [0.25, 0.3) is 0 Å². The molecular formula is C15H22F2N2O. The van der Waals surface area contributed by atoms with Crippen LogP contribution in [-0.4, -0.2) is 19.0 Å². The van der Waals surface area contributed by atoms with Crippen molar-refractivity contribution in [3.63, 3.8) is 0 Å². The van der Waals surface area contributed by atoms with E-state index < -0.39 is 11.6 Å². The van der Waals surface area contributed by atoms with Gasteiger partial charge in [0.15, 0.2) is 0 Å². The van der Waals surface area contributed by atoms with Crippen LogP contribution < -0.4 is 11.1 Å². The molecule has 1 rings (SSSR count). The number of nitrogens with one attached hydrogen (secondary N) is 1. The van der Waals surface area contributed by atoms with Crippen molar-refractivity contribution < 1.29 is 13.6 Å². The molecule has 1 aromatic carbocycles. The lowest BCUT2D eigenvalue weighted by molar-refractivity contribution is -0.120. The predicted octanol–water partition coefficient (Wildman–Crippen LogP) is 2.39. The fraction of sp³-hybridized carbons (Fsp3) is 0.533. The summed E-state index contributed by atoms with van der Waals surface area (Å²) >= 11 is 0. The van der Waals surface area contributed by atoms with Crippen LogP contribution >= 0.6 is 0 Å². The van der Waals surface area contributed by atoms with Gasteiger partial charge < -0.3 is 11.1 Å². The van der Waals surface area contributed by atoms with Gasteiger partial charge in [-0.1, -0.05) is 19.4 Å². The van der Waals surface area contributed by atoms with Crippen LogP contribution in [0.15, 0.2) is 18.2 Å². The normalized spacial score (nSPS) is 12.2. The average molecular weight is 284 g/mol. The molecular weight excluding hydrogens is 262 g/mol. The molecule has 0 heterocycles. The molecule has 3 N–H and O–H groups in total. The lowest BCUT2D eigenvalue weighted by Gasteiger charge is -2.16. The van der Waals surface area contributed by atoms with Gasteiger partial charge in [0, 0.05) is 12.1 Å². The molecule has 0 aliphatic rings. The molecule has 0 spiro atoms. The van der Waals surface area contributed by atoms with Gasteiger partial charge in [0.2, 0.25) is 5.91 Å². The van der Waals surface area contributed by atoms with Crippen LogP contribution in [0.2, 0.25) is 0 Å². The van der Waals surface area contributed by atoms with E-state index in [1.54, 1.807) is 0 Å². The van der Waals surface area contributed by atoms with Crippen LogP contribution in [0.1, 0.15) is 31.7 Å². The summed E-state index contributed by atoms with van der Waals surface area (Å²) in [4.78, 5) is 11.8. The van der Waals surface area contributed by atoms with Crippen LogP contribution in [0.25, 0.3) is 0 Å². The number of hydrogen-bond acceptors (Lipinski definition) is 2. The Morgan fingerprint density at radius 1 is 1.30 bits per heavy atom. The van der Waals surface area contributed by atoms with Gasteiger partial charge in [-0.05, 0) is 37.4 Å². The molecule has 0 aliphatic carbocycles. The molecule has 0 fully saturated rings. The maximum atomic E-state index is 13.4. The van der Waals surface area contributed by atoms with Crippen molar-refractivity contribution in [3.05, 3.63) is 35.4 Å². The molecule has 112 valence electrons. The van der Waals surface area contributed by atoms with E-state index in [0.717, 1.165) is 31.4 Å². The summed E-state index contributed by atoms with van der Waals surface area (Å²) in [6.07, 6.45) is 2.55. The molecule has 0 bridgehead atoms. The van der Waals surface area contributed by atoms with Crippen LogP contribution in [0.4, 0.5) is 8.78 Å². The summed E-state index contributed by atoms with van der Waals surface area (Å²) in [7, 11) is 0. The van der Waals surface area contributed by atoms with E-state index in [4.69, 9.17) is 5.73 Å². The van der Waals surface area contributed by atoms with Crippen LogP contribution in [0.3, 0.4) is 0 Å². The Kier molecular flexibility index (Phi) is 7.15. The number of halogens is 2. The lowest BCUT2D eigenvalue weighted by Crippen LogP contribution is -2.31. The fourth-order valence-electron chi connectivity index (χ4n) is 2.17. The maximum absolute atomic E-state index is 13.4. The average Bonchev–Trinajstić information content (AvgIpc) is 2.41. The molecule has 5 heteroatoms. The molecule has 1 unspecified atom stereocenters. The van der Waals surface area contributed by atoms with E-state index in [0.29, 0.717) is 19.0 Å². The zero-order valence-corrected chi connectivity index (χ0v) is 11.8. The lowest BCUT2D eigenvalue weighted by atomic mass is 9.99. The maximum Gasteiger partial charge on any atom is 0.224 e. The van der Waals surface area contributed by atoms with Gasteiger partial charge in [-0.15, -0.1) is 0 Å². The Bertz CT molecular complexity index is 412. The van der Waals surface area contributed by atoms with Gasteiger partial charge in [0.05, 0.1) is 6.42 Å². The first-order valence-electron chi connectivity index (χ1n) is 6.98. The van der Waals surface area contributed by atoms with E-state index in [1.165, 1.54) is 6.07 Å². The number of rotatable bonds is 8. The number of hydrogen-bond donors (Lipinski definition) is 2. The minimum atomic E-state index is -0.688. The summed E-state index contributed by atoms with van der Waals surface area (Å²) in [6, 6.07) is 3.59. The third-order valence-corrected chi connectivity index (χ3v) is 3.26. The largest absolute Gasteiger partial charge is 0.356 e. The zero-order valence-electron chi connectivity index (χ0n) is 11.8. The van der Waals surface area contributed by atoms with Crippen molar-refractivity contribution in [2.75, 3.05) is 13.1 Å². The molecule has 0 radical (unpaired) electrons. The summed E-state index contributed by atoms with van der Waals surface area (Å²) in [5.74, 6) is -1.43. The van der Waals surface area contributed by atoms with Crippen LogP contribution in [0, 0.1) is 17.6 Å². The van der Waals surface area contributed by atoms with E-state index in [9.17, 15) is 13.6 Å². The van der Waals surface area contributed by atoms with Crippen molar-refractivity contribution in [2.45, 2.75) is 32.6 Å². The van der Waals surface area contributed by atoms with Gasteiger partial charge >= 0.3 is 0 Å². The summed E-state index contributed by atoms with van der Waals surface area (Å²) in [5, 5.41) is 2.73. The summed E-state index contributed by atoms with van der Waals surface area (Å²) in [5.41, 5.74) is 5.33. The Hall–Kier alpha value is -1.49. The molecule has 0 aliphatic heterocycles. The van der Waals surface area contributed by atoms with Gasteiger partial charge in [-0.2, -0.15) is 0 Å². The Morgan fingerprint density at radius 2 is 1.95 bits per heavy atom. The number of benzene rings is 1. The molecule has 0 saturated carbocycles. The fourth-order valence-corrected chi connectivity index (χ4v) is 2.17. The number of nitrogens with two attached hydrogens (primary N) is 1. The van der Waals surface area contributed by atoms with Gasteiger partial charge in [0.1, 0.15) is 11.6 Å². The minimum Gasteiger partial charge on any atom is -0.356 e. The van der Waals surface area contributed by atoms with Crippen LogP contribution in [-0.2, 0) is 11.2 Å². The first kappa shape index (κ1) is 16.6. The molecule has 20 heavy (non-hydrogen) atoms. The van der Waals surface area contributed by atoms with Crippen molar-refractivity contribution in [2.24, 2.45) is 11.7 Å². The quantitative estimate of drug-likeness (QED) is 0.770. The van der Waals surface area contributed by atoms with E-state index in [-0.39, 0.29) is 17.9 Å². The standard InChI is InChI=1S/C15H22F2N2O/c1-2-4-11(7-8-18)10-19-15(20)9-12-13(16)5-3-6-14(12)17/h3,5-6,11H,2,4,7-10,18H2,1H3,(H,19,20). The SMILES string of the molecule is CCCC(CCN)CNC(=O)Cc1c(F)cccc1F. The molecule has 0 saturated heterocycles. The Morgan fingerprint density at radius 3 is 2.50 bits per heavy atom. The summed E-state index contributed by atoms with van der Waals surface area (Å²) < 4.78 is 26.8. The highest BCUT2D eigenvalue weighted by Crippen LogP contribution is 2.13. The van der Waals surface area contributed by atoms with Crippen molar-refractivity contribution >= 4 is 5.91 Å². The van der Waals surface area contributed by atoms with Crippen LogP contribution in [0.5, 0.6) is 0 Å². The topological polar surface area (TPSA) is 55.1 Å². The first-order valence-corrected chi connectivity index (χ1v) is 6.98. The number of carbonyl (C=O) groups is 1. The monoisotopic (exact) mass is 284 g/mol. The van der Waals surface area contributed by atoms with Crippen molar-refractivity contribution in [1.29, 1.82) is 0 Å². The van der Waals surface area contributed by atoms with Crippen molar-refractivity contribution in [1.82, 2.24) is 5.32 Å². The highest BCUT2D eigenvalue weighted by molar-refractivity contribution is 5.78. The predicted molar refractivity (Wildman–Crippen MR) is 75.1 cm³/mol. The number of carbonyl (C=O) groups excluding carboxylic acids is 1. The second kappa shape index (κ2) is 8.64.